The van der Waals surface area contributed by atoms with Gasteiger partial charge in [-0.15, -0.1) is 0 Å². The molecule has 0 saturated heterocycles. The second-order valence-electron chi connectivity index (χ2n) is 10.3. The van der Waals surface area contributed by atoms with Crippen LogP contribution < -0.4 is 21.5 Å². The number of hydrogen-bond acceptors (Lipinski definition) is 6. The SMILES string of the molecule is O=C(O)c1cc2[nH]c3ccccc3c(=O)c2cc1Nc1ccc(Nc2cc3c(=O)c4ccccc4[nH]c3cc2C(=O)O)cc1. The van der Waals surface area contributed by atoms with E-state index in [4.69, 9.17) is 0 Å². The number of aromatic carboxylic acids is 2. The minimum atomic E-state index is -1.16. The van der Waals surface area contributed by atoms with Gasteiger partial charge in [0.05, 0.1) is 33.5 Å². The van der Waals surface area contributed by atoms with Gasteiger partial charge in [-0.05, 0) is 72.8 Å². The van der Waals surface area contributed by atoms with E-state index in [-0.39, 0.29) is 33.4 Å². The molecule has 0 saturated carbocycles. The molecule has 0 bridgehead atoms. The average Bonchev–Trinajstić information content (AvgIpc) is 3.02. The number of para-hydroxylation sites is 2. The second-order valence-corrected chi connectivity index (χ2v) is 10.3. The largest absolute Gasteiger partial charge is 0.478 e. The fourth-order valence-corrected chi connectivity index (χ4v) is 5.45. The lowest BCUT2D eigenvalue weighted by atomic mass is 10.0. The Morgan fingerprint density at radius 2 is 0.886 bits per heavy atom. The maximum atomic E-state index is 13.2. The third kappa shape index (κ3) is 4.47. The van der Waals surface area contributed by atoms with Crippen molar-refractivity contribution >= 4 is 78.3 Å². The van der Waals surface area contributed by atoms with Gasteiger partial charge in [-0.25, -0.2) is 9.59 Å². The summed E-state index contributed by atoms with van der Waals surface area (Å²) in [5.74, 6) is -2.33. The molecule has 0 spiro atoms. The van der Waals surface area contributed by atoms with Crippen LogP contribution >= 0.6 is 0 Å². The van der Waals surface area contributed by atoms with Crippen LogP contribution in [-0.4, -0.2) is 32.1 Å². The zero-order valence-electron chi connectivity index (χ0n) is 22.8. The highest BCUT2D eigenvalue weighted by Crippen LogP contribution is 2.30. The van der Waals surface area contributed by atoms with Crippen molar-refractivity contribution in [2.45, 2.75) is 0 Å². The first kappa shape index (κ1) is 26.5. The molecule has 6 N–H and O–H groups in total. The summed E-state index contributed by atoms with van der Waals surface area (Å²) in [5, 5.41) is 27.7. The van der Waals surface area contributed by atoms with E-state index in [0.29, 0.717) is 55.0 Å². The van der Waals surface area contributed by atoms with Gasteiger partial charge in [0.2, 0.25) is 0 Å². The number of aromatic amines is 2. The van der Waals surface area contributed by atoms with Crippen LogP contribution in [0.3, 0.4) is 0 Å². The minimum Gasteiger partial charge on any atom is -0.478 e. The first-order valence-corrected chi connectivity index (χ1v) is 13.5. The topological polar surface area (TPSA) is 164 Å². The Kier molecular flexibility index (Phi) is 6.10. The molecule has 214 valence electrons. The Morgan fingerprint density at radius 1 is 0.500 bits per heavy atom. The first-order valence-electron chi connectivity index (χ1n) is 13.5. The zero-order valence-corrected chi connectivity index (χ0v) is 22.8. The number of H-pyrrole nitrogens is 2. The van der Waals surface area contributed by atoms with Crippen molar-refractivity contribution in [1.82, 2.24) is 9.97 Å². The van der Waals surface area contributed by atoms with E-state index in [1.807, 2.05) is 0 Å². The summed E-state index contributed by atoms with van der Waals surface area (Å²) in [5.41, 5.74) is 3.11. The van der Waals surface area contributed by atoms with Crippen LogP contribution in [0.5, 0.6) is 0 Å². The van der Waals surface area contributed by atoms with Gasteiger partial charge in [-0.1, -0.05) is 24.3 Å². The Morgan fingerprint density at radius 3 is 1.27 bits per heavy atom. The van der Waals surface area contributed by atoms with Crippen LogP contribution in [0.15, 0.2) is 107 Å². The van der Waals surface area contributed by atoms with Crippen molar-refractivity contribution in [2.75, 3.05) is 10.6 Å². The highest BCUT2D eigenvalue weighted by atomic mass is 16.4. The summed E-state index contributed by atoms with van der Waals surface area (Å²) < 4.78 is 0. The molecule has 10 heteroatoms. The summed E-state index contributed by atoms with van der Waals surface area (Å²) in [6.45, 7) is 0. The second kappa shape index (κ2) is 10.1. The molecular formula is C34H22N4O6. The molecule has 2 aromatic heterocycles. The highest BCUT2D eigenvalue weighted by molar-refractivity contribution is 6.04. The lowest BCUT2D eigenvalue weighted by Gasteiger charge is -2.14. The lowest BCUT2D eigenvalue weighted by Crippen LogP contribution is -2.09. The molecule has 7 rings (SSSR count). The van der Waals surface area contributed by atoms with E-state index in [9.17, 15) is 29.4 Å². The van der Waals surface area contributed by atoms with Crippen molar-refractivity contribution < 1.29 is 19.8 Å². The molecule has 0 radical (unpaired) electrons. The van der Waals surface area contributed by atoms with Crippen LogP contribution in [0.1, 0.15) is 20.7 Å². The number of fused-ring (bicyclic) bond motifs is 4. The smallest absolute Gasteiger partial charge is 0.337 e. The van der Waals surface area contributed by atoms with E-state index >= 15 is 0 Å². The summed E-state index contributed by atoms with van der Waals surface area (Å²) in [6, 6.07) is 26.7. The zero-order chi connectivity index (χ0) is 30.5. The molecule has 2 heterocycles. The van der Waals surface area contributed by atoms with E-state index in [1.165, 1.54) is 24.3 Å². The van der Waals surface area contributed by atoms with Crippen LogP contribution in [0.2, 0.25) is 0 Å². The van der Waals surface area contributed by atoms with Crippen molar-refractivity contribution in [3.8, 4) is 0 Å². The Balaban J connectivity index is 1.23. The molecule has 0 atom stereocenters. The molecule has 7 aromatic rings. The summed E-state index contributed by atoms with van der Waals surface area (Å²) in [4.78, 5) is 56.9. The summed E-state index contributed by atoms with van der Waals surface area (Å²) in [6.07, 6.45) is 0. The molecule has 0 unspecified atom stereocenters. The Bertz CT molecular complexity index is 2270. The van der Waals surface area contributed by atoms with Gasteiger partial charge in [-0.3, -0.25) is 9.59 Å². The number of aromatic nitrogens is 2. The predicted octanol–water partition coefficient (Wildman–Crippen LogP) is 6.56. The number of hydrogen-bond donors (Lipinski definition) is 6. The number of carbonyl (C=O) groups is 2. The number of carboxylic acid groups (broad SMARTS) is 2. The molecule has 0 aliphatic rings. The fraction of sp³-hybridized carbons (Fsp3) is 0. The van der Waals surface area contributed by atoms with Crippen molar-refractivity contribution in [2.24, 2.45) is 0 Å². The number of benzene rings is 5. The number of pyridine rings is 2. The number of nitrogens with one attached hydrogen (secondary N) is 4. The minimum absolute atomic E-state index is 0.0226. The van der Waals surface area contributed by atoms with Gasteiger partial charge in [0.25, 0.3) is 0 Å². The maximum absolute atomic E-state index is 13.2. The van der Waals surface area contributed by atoms with Gasteiger partial charge < -0.3 is 30.8 Å². The van der Waals surface area contributed by atoms with Crippen molar-refractivity contribution in [3.63, 3.8) is 0 Å². The van der Waals surface area contributed by atoms with Gasteiger partial charge in [0.1, 0.15) is 0 Å². The molecule has 5 aromatic carbocycles. The van der Waals surface area contributed by atoms with Crippen LogP contribution in [0.25, 0.3) is 43.6 Å². The Labute approximate surface area is 247 Å². The lowest BCUT2D eigenvalue weighted by molar-refractivity contribution is 0.0687. The Hall–Kier alpha value is -6.42. The monoisotopic (exact) mass is 582 g/mol. The van der Waals surface area contributed by atoms with Gasteiger partial charge in [0.15, 0.2) is 10.9 Å². The predicted molar refractivity (Wildman–Crippen MR) is 171 cm³/mol. The van der Waals surface area contributed by atoms with E-state index in [2.05, 4.69) is 20.6 Å². The van der Waals surface area contributed by atoms with E-state index < -0.39 is 11.9 Å². The third-order valence-electron chi connectivity index (χ3n) is 7.59. The van der Waals surface area contributed by atoms with Gasteiger partial charge >= 0.3 is 11.9 Å². The molecule has 0 aliphatic carbocycles. The molecular weight excluding hydrogens is 560 g/mol. The van der Waals surface area contributed by atoms with E-state index in [1.54, 1.807) is 72.8 Å². The normalized spacial score (nSPS) is 11.3. The summed E-state index contributed by atoms with van der Waals surface area (Å²) in [7, 11) is 0. The third-order valence-corrected chi connectivity index (χ3v) is 7.59. The van der Waals surface area contributed by atoms with Crippen molar-refractivity contribution in [1.29, 1.82) is 0 Å². The van der Waals surface area contributed by atoms with Gasteiger partial charge in [0, 0.05) is 44.0 Å². The van der Waals surface area contributed by atoms with Crippen LogP contribution in [0.4, 0.5) is 22.7 Å². The van der Waals surface area contributed by atoms with Crippen LogP contribution in [-0.2, 0) is 0 Å². The molecule has 0 aliphatic heterocycles. The fourth-order valence-electron chi connectivity index (χ4n) is 5.45. The molecule has 10 nitrogen and oxygen atoms in total. The van der Waals surface area contributed by atoms with Crippen LogP contribution in [0, 0.1) is 0 Å². The molecule has 0 fully saturated rings. The number of carboxylic acids is 2. The molecule has 0 amide bonds. The highest BCUT2D eigenvalue weighted by Gasteiger charge is 2.17. The van der Waals surface area contributed by atoms with E-state index in [0.717, 1.165) is 0 Å². The first-order chi connectivity index (χ1) is 21.3. The average molecular weight is 583 g/mol. The maximum Gasteiger partial charge on any atom is 0.337 e. The quantitative estimate of drug-likeness (QED) is 0.120. The number of anilines is 4. The van der Waals surface area contributed by atoms with Crippen molar-refractivity contribution in [3.05, 3.63) is 129 Å². The standard InChI is InChI=1S/C34H22N4O6/c39-31-19-5-1-3-7-25(19)37-27-15-23(33(41)42)29(13-21(27)31)35-17-9-11-18(12-10-17)36-30-14-22-28(16-24(30)34(43)44)38-26-8-4-2-6-20(26)32(22)40/h1-16,35-36H,(H,37,39)(H,38,40)(H,41,42)(H,43,44). The summed E-state index contributed by atoms with van der Waals surface area (Å²) >= 11 is 0. The number of rotatable bonds is 6. The molecule has 44 heavy (non-hydrogen) atoms. The van der Waals surface area contributed by atoms with Gasteiger partial charge in [-0.2, -0.15) is 0 Å².